The molecule has 0 aliphatic carbocycles. The lowest BCUT2D eigenvalue weighted by Gasteiger charge is -2.31. The van der Waals surface area contributed by atoms with Crippen molar-refractivity contribution >= 4 is 9.84 Å². The zero-order valence-corrected chi connectivity index (χ0v) is 10.8. The largest absolute Gasteiger partial charge is 0.396 e. The monoisotopic (exact) mass is 268 g/mol. The highest BCUT2D eigenvalue weighted by Gasteiger charge is 2.49. The predicted molar refractivity (Wildman–Crippen MR) is 66.2 cm³/mol. The molecule has 1 saturated heterocycles. The minimum absolute atomic E-state index is 0.0263. The van der Waals surface area contributed by atoms with Crippen molar-refractivity contribution in [2.24, 2.45) is 5.41 Å². The molecule has 3 rings (SSSR count). The Labute approximate surface area is 107 Å². The maximum absolute atomic E-state index is 12.2. The molecule has 2 atom stereocenters. The van der Waals surface area contributed by atoms with Crippen molar-refractivity contribution in [1.29, 1.82) is 0 Å². The van der Waals surface area contributed by atoms with Gasteiger partial charge in [-0.05, 0) is 18.1 Å². The first-order valence-electron chi connectivity index (χ1n) is 6.09. The smallest absolute Gasteiger partial charge is 0.179 e. The van der Waals surface area contributed by atoms with Crippen molar-refractivity contribution in [2.75, 3.05) is 25.6 Å². The van der Waals surface area contributed by atoms with Gasteiger partial charge in [0.15, 0.2) is 9.84 Å². The predicted octanol–water partition coefficient (Wildman–Crippen LogP) is 0.956. The van der Waals surface area contributed by atoms with Crippen LogP contribution >= 0.6 is 0 Å². The number of benzene rings is 1. The molecule has 0 bridgehead atoms. The fourth-order valence-corrected chi connectivity index (χ4v) is 5.10. The molecular weight excluding hydrogens is 252 g/mol. The molecule has 0 aromatic heterocycles. The second-order valence-corrected chi connectivity index (χ2v) is 7.20. The highest BCUT2D eigenvalue weighted by atomic mass is 32.2. The van der Waals surface area contributed by atoms with Crippen LogP contribution in [-0.4, -0.2) is 39.1 Å². The molecule has 2 aliphatic heterocycles. The first-order valence-corrected chi connectivity index (χ1v) is 7.75. The minimum Gasteiger partial charge on any atom is -0.396 e. The van der Waals surface area contributed by atoms with Crippen molar-refractivity contribution in [2.45, 2.75) is 17.2 Å². The SMILES string of the molecule is O=S1(=O)CC(C2(CO)CCOC2)c2ccccc21. The van der Waals surface area contributed by atoms with E-state index in [1.165, 1.54) is 0 Å². The van der Waals surface area contributed by atoms with Gasteiger partial charge >= 0.3 is 0 Å². The van der Waals surface area contributed by atoms with Gasteiger partial charge in [0.2, 0.25) is 0 Å². The number of fused-ring (bicyclic) bond motifs is 1. The zero-order valence-electron chi connectivity index (χ0n) is 10.0. The Morgan fingerprint density at radius 3 is 2.83 bits per heavy atom. The van der Waals surface area contributed by atoms with Crippen molar-refractivity contribution in [1.82, 2.24) is 0 Å². The van der Waals surface area contributed by atoms with Gasteiger partial charge in [0.25, 0.3) is 0 Å². The Morgan fingerprint density at radius 2 is 2.17 bits per heavy atom. The molecule has 0 radical (unpaired) electrons. The van der Waals surface area contributed by atoms with Crippen molar-refractivity contribution < 1.29 is 18.3 Å². The molecule has 98 valence electrons. The van der Waals surface area contributed by atoms with Gasteiger partial charge in [-0.1, -0.05) is 18.2 Å². The molecule has 0 spiro atoms. The summed E-state index contributed by atoms with van der Waals surface area (Å²) in [5.74, 6) is -0.0535. The van der Waals surface area contributed by atoms with Gasteiger partial charge in [0.05, 0.1) is 23.9 Å². The zero-order chi connectivity index (χ0) is 12.8. The third-order valence-corrected chi connectivity index (χ3v) is 6.02. The molecule has 1 fully saturated rings. The van der Waals surface area contributed by atoms with Crippen LogP contribution in [0, 0.1) is 5.41 Å². The summed E-state index contributed by atoms with van der Waals surface area (Å²) in [5, 5.41) is 9.70. The number of hydrogen-bond acceptors (Lipinski definition) is 4. The summed E-state index contributed by atoms with van der Waals surface area (Å²) in [6.07, 6.45) is 0.720. The average Bonchev–Trinajstić information content (AvgIpc) is 2.94. The van der Waals surface area contributed by atoms with Crippen LogP contribution in [0.1, 0.15) is 17.9 Å². The summed E-state index contributed by atoms with van der Waals surface area (Å²) in [4.78, 5) is 0.426. The molecule has 18 heavy (non-hydrogen) atoms. The van der Waals surface area contributed by atoms with Crippen LogP contribution in [0.4, 0.5) is 0 Å². The van der Waals surface area contributed by atoms with Crippen LogP contribution in [0.2, 0.25) is 0 Å². The van der Waals surface area contributed by atoms with E-state index >= 15 is 0 Å². The average molecular weight is 268 g/mol. The van der Waals surface area contributed by atoms with E-state index < -0.39 is 15.3 Å². The molecule has 0 saturated carbocycles. The Kier molecular flexibility index (Phi) is 2.73. The Hall–Kier alpha value is -0.910. The number of ether oxygens (including phenoxy) is 1. The number of sulfone groups is 1. The summed E-state index contributed by atoms with van der Waals surface area (Å²) in [6.45, 7) is 1.01. The van der Waals surface area contributed by atoms with Crippen LogP contribution in [0.25, 0.3) is 0 Å². The summed E-state index contributed by atoms with van der Waals surface area (Å²) in [7, 11) is -3.21. The Morgan fingerprint density at radius 1 is 1.39 bits per heavy atom. The van der Waals surface area contributed by atoms with Gasteiger partial charge in [-0.15, -0.1) is 0 Å². The van der Waals surface area contributed by atoms with Crippen molar-refractivity contribution in [3.63, 3.8) is 0 Å². The van der Waals surface area contributed by atoms with Gasteiger partial charge in [0, 0.05) is 17.9 Å². The van der Waals surface area contributed by atoms with Gasteiger partial charge in [0.1, 0.15) is 0 Å². The molecule has 2 heterocycles. The number of aliphatic hydroxyl groups excluding tert-OH is 1. The van der Waals surface area contributed by atoms with Crippen LogP contribution in [0.15, 0.2) is 29.2 Å². The lowest BCUT2D eigenvalue weighted by Crippen LogP contribution is -2.34. The number of aliphatic hydroxyl groups is 1. The van der Waals surface area contributed by atoms with E-state index in [1.54, 1.807) is 12.1 Å². The third-order valence-electron chi connectivity index (χ3n) is 4.20. The standard InChI is InChI=1S/C13H16O4S/c14-8-13(5-6-17-9-13)11-7-18(15,16)12-4-2-1-3-10(11)12/h1-4,11,14H,5-9H2. The molecule has 2 aliphatic rings. The van der Waals surface area contributed by atoms with Gasteiger partial charge in [-0.25, -0.2) is 8.42 Å². The summed E-state index contributed by atoms with van der Waals surface area (Å²) in [6, 6.07) is 7.12. The highest BCUT2D eigenvalue weighted by Crippen LogP contribution is 2.49. The van der Waals surface area contributed by atoms with E-state index in [1.807, 2.05) is 12.1 Å². The van der Waals surface area contributed by atoms with Crippen molar-refractivity contribution in [3.05, 3.63) is 29.8 Å². The molecule has 1 aromatic rings. The summed E-state index contributed by atoms with van der Waals surface area (Å²) < 4.78 is 29.7. The molecule has 5 heteroatoms. The van der Waals surface area contributed by atoms with Gasteiger partial charge in [-0.3, -0.25) is 0 Å². The highest BCUT2D eigenvalue weighted by molar-refractivity contribution is 7.91. The lowest BCUT2D eigenvalue weighted by molar-refractivity contribution is 0.0766. The second kappa shape index (κ2) is 4.05. The topological polar surface area (TPSA) is 63.6 Å². The van der Waals surface area contributed by atoms with E-state index in [0.29, 0.717) is 18.1 Å². The lowest BCUT2D eigenvalue weighted by atomic mass is 9.73. The third kappa shape index (κ3) is 1.61. The normalized spacial score (nSPS) is 33.5. The second-order valence-electron chi connectivity index (χ2n) is 5.19. The molecular formula is C13H16O4S. The molecule has 1 aromatic carbocycles. The fraction of sp³-hybridized carbons (Fsp3) is 0.538. The Balaban J connectivity index is 2.11. The van der Waals surface area contributed by atoms with Gasteiger partial charge < -0.3 is 9.84 Å². The van der Waals surface area contributed by atoms with Crippen LogP contribution < -0.4 is 0 Å². The first kappa shape index (κ1) is 12.1. The number of hydrogen-bond donors (Lipinski definition) is 1. The Bertz CT molecular complexity index is 558. The van der Waals surface area contributed by atoms with Crippen LogP contribution in [0.3, 0.4) is 0 Å². The molecule has 1 N–H and O–H groups in total. The summed E-state index contributed by atoms with van der Waals surface area (Å²) in [5.41, 5.74) is 0.414. The maximum Gasteiger partial charge on any atom is 0.179 e. The van der Waals surface area contributed by atoms with E-state index in [9.17, 15) is 13.5 Å². The van der Waals surface area contributed by atoms with Crippen LogP contribution in [0.5, 0.6) is 0 Å². The first-order chi connectivity index (χ1) is 8.59. The fourth-order valence-electron chi connectivity index (χ4n) is 3.09. The van der Waals surface area contributed by atoms with E-state index in [-0.39, 0.29) is 18.3 Å². The van der Waals surface area contributed by atoms with E-state index in [2.05, 4.69) is 0 Å². The molecule has 0 amide bonds. The minimum atomic E-state index is -3.21. The quantitative estimate of drug-likeness (QED) is 0.867. The van der Waals surface area contributed by atoms with Crippen molar-refractivity contribution in [3.8, 4) is 0 Å². The van der Waals surface area contributed by atoms with E-state index in [4.69, 9.17) is 4.74 Å². The summed E-state index contributed by atoms with van der Waals surface area (Å²) >= 11 is 0. The van der Waals surface area contributed by atoms with Gasteiger partial charge in [-0.2, -0.15) is 0 Å². The van der Waals surface area contributed by atoms with E-state index in [0.717, 1.165) is 12.0 Å². The molecule has 4 nitrogen and oxygen atoms in total. The number of rotatable bonds is 2. The maximum atomic E-state index is 12.2. The van der Waals surface area contributed by atoms with Crippen LogP contribution in [-0.2, 0) is 14.6 Å². The molecule has 2 unspecified atom stereocenters.